The third kappa shape index (κ3) is 3.78. The van der Waals surface area contributed by atoms with E-state index in [4.69, 9.17) is 9.84 Å². The first-order chi connectivity index (χ1) is 6.74. The fourth-order valence-corrected chi connectivity index (χ4v) is 1.38. The van der Waals surface area contributed by atoms with Gasteiger partial charge in [0, 0.05) is 19.2 Å². The average Bonchev–Trinajstić information content (AvgIpc) is 2.26. The van der Waals surface area contributed by atoms with E-state index in [-0.39, 0.29) is 6.61 Å². The smallest absolute Gasteiger partial charge is 0.0689 e. The van der Waals surface area contributed by atoms with Gasteiger partial charge in [0.25, 0.3) is 0 Å². The second-order valence-corrected chi connectivity index (χ2v) is 4.03. The van der Waals surface area contributed by atoms with Gasteiger partial charge < -0.3 is 15.2 Å². The van der Waals surface area contributed by atoms with Crippen LogP contribution in [0.2, 0.25) is 0 Å². The fraction of sp³-hybridized carbons (Fsp3) is 0.818. The summed E-state index contributed by atoms with van der Waals surface area (Å²) in [6, 6.07) is 0.350. The second kappa shape index (κ2) is 6.17. The van der Waals surface area contributed by atoms with E-state index in [9.17, 15) is 0 Å². The topological polar surface area (TPSA) is 41.5 Å². The van der Waals surface area contributed by atoms with Crippen molar-refractivity contribution in [3.05, 3.63) is 11.6 Å². The molecule has 0 amide bonds. The van der Waals surface area contributed by atoms with Crippen molar-refractivity contribution in [2.75, 3.05) is 26.4 Å². The quantitative estimate of drug-likeness (QED) is 0.647. The van der Waals surface area contributed by atoms with Crippen LogP contribution in [0.4, 0.5) is 0 Å². The number of ether oxygens (including phenoxy) is 1. The van der Waals surface area contributed by atoms with Gasteiger partial charge in [-0.05, 0) is 24.8 Å². The molecule has 0 aromatic carbocycles. The zero-order chi connectivity index (χ0) is 10.4. The number of aliphatic hydroxyl groups is 1. The predicted octanol–water partition coefficient (Wildman–Crippen LogP) is 0.940. The lowest BCUT2D eigenvalue weighted by Gasteiger charge is -2.21. The standard InChI is InChI=1S/C11H21NO2/c1-9(7-13)10(2)12-6-11-4-3-5-14-8-11/h4,9-10,12-13H,3,5-8H2,1-2H3. The second-order valence-electron chi connectivity index (χ2n) is 4.03. The molecule has 3 nitrogen and oxygen atoms in total. The van der Waals surface area contributed by atoms with Crippen LogP contribution in [0.15, 0.2) is 11.6 Å². The predicted molar refractivity (Wildman–Crippen MR) is 57.2 cm³/mol. The minimum atomic E-state index is 0.240. The van der Waals surface area contributed by atoms with Gasteiger partial charge >= 0.3 is 0 Å². The summed E-state index contributed by atoms with van der Waals surface area (Å²) in [7, 11) is 0. The Bertz CT molecular complexity index is 192. The molecule has 0 fully saturated rings. The summed E-state index contributed by atoms with van der Waals surface area (Å²) < 4.78 is 5.34. The summed E-state index contributed by atoms with van der Waals surface area (Å²) >= 11 is 0. The van der Waals surface area contributed by atoms with Crippen LogP contribution in [0, 0.1) is 5.92 Å². The molecule has 2 atom stereocenters. The Hall–Kier alpha value is -0.380. The molecule has 1 heterocycles. The van der Waals surface area contributed by atoms with Crippen molar-refractivity contribution in [2.24, 2.45) is 5.92 Å². The zero-order valence-electron chi connectivity index (χ0n) is 9.12. The molecule has 0 saturated heterocycles. The van der Waals surface area contributed by atoms with E-state index in [2.05, 4.69) is 18.3 Å². The molecule has 2 N–H and O–H groups in total. The number of aliphatic hydroxyl groups excluding tert-OH is 1. The van der Waals surface area contributed by atoms with E-state index in [0.717, 1.165) is 26.2 Å². The third-order valence-electron chi connectivity index (χ3n) is 2.78. The molecule has 0 aromatic heterocycles. The van der Waals surface area contributed by atoms with Crippen LogP contribution in [-0.2, 0) is 4.74 Å². The van der Waals surface area contributed by atoms with E-state index >= 15 is 0 Å². The summed E-state index contributed by atoms with van der Waals surface area (Å²) in [5.74, 6) is 0.306. The van der Waals surface area contributed by atoms with Gasteiger partial charge in [-0.15, -0.1) is 0 Å². The van der Waals surface area contributed by atoms with E-state index in [1.165, 1.54) is 5.57 Å². The summed E-state index contributed by atoms with van der Waals surface area (Å²) in [6.45, 7) is 6.88. The molecule has 14 heavy (non-hydrogen) atoms. The van der Waals surface area contributed by atoms with Crippen molar-refractivity contribution in [2.45, 2.75) is 26.3 Å². The van der Waals surface area contributed by atoms with Gasteiger partial charge in [0.2, 0.25) is 0 Å². The maximum absolute atomic E-state index is 8.96. The molecule has 1 aliphatic heterocycles. The molecule has 0 aliphatic carbocycles. The van der Waals surface area contributed by atoms with Gasteiger partial charge in [0.05, 0.1) is 13.2 Å². The van der Waals surface area contributed by atoms with Crippen molar-refractivity contribution in [1.82, 2.24) is 5.32 Å². The molecule has 0 saturated carbocycles. The number of hydrogen-bond donors (Lipinski definition) is 2. The first-order valence-corrected chi connectivity index (χ1v) is 5.34. The molecular formula is C11H21NO2. The molecule has 0 spiro atoms. The van der Waals surface area contributed by atoms with Gasteiger partial charge in [-0.3, -0.25) is 0 Å². The lowest BCUT2D eigenvalue weighted by molar-refractivity contribution is 0.147. The molecule has 1 rings (SSSR count). The Morgan fingerprint density at radius 1 is 1.57 bits per heavy atom. The molecule has 82 valence electrons. The lowest BCUT2D eigenvalue weighted by atomic mass is 10.0. The summed E-state index contributed by atoms with van der Waals surface area (Å²) in [5, 5.41) is 12.4. The van der Waals surface area contributed by atoms with E-state index in [0.29, 0.717) is 12.0 Å². The van der Waals surface area contributed by atoms with Gasteiger partial charge in [0.15, 0.2) is 0 Å². The monoisotopic (exact) mass is 199 g/mol. The van der Waals surface area contributed by atoms with Crippen LogP contribution in [0.1, 0.15) is 20.3 Å². The molecule has 0 radical (unpaired) electrons. The van der Waals surface area contributed by atoms with Gasteiger partial charge in [-0.2, -0.15) is 0 Å². The normalized spacial score (nSPS) is 21.5. The van der Waals surface area contributed by atoms with Crippen LogP contribution >= 0.6 is 0 Å². The van der Waals surface area contributed by atoms with Crippen molar-refractivity contribution in [3.8, 4) is 0 Å². The summed E-state index contributed by atoms with van der Waals surface area (Å²) in [5.41, 5.74) is 1.33. The third-order valence-corrected chi connectivity index (χ3v) is 2.78. The Morgan fingerprint density at radius 3 is 2.93 bits per heavy atom. The summed E-state index contributed by atoms with van der Waals surface area (Å²) in [6.07, 6.45) is 3.27. The van der Waals surface area contributed by atoms with E-state index in [1.807, 2.05) is 6.92 Å². The molecule has 0 aromatic rings. The zero-order valence-corrected chi connectivity index (χ0v) is 9.12. The van der Waals surface area contributed by atoms with Crippen LogP contribution in [0.25, 0.3) is 0 Å². The van der Waals surface area contributed by atoms with Crippen molar-refractivity contribution < 1.29 is 9.84 Å². The van der Waals surface area contributed by atoms with Crippen LogP contribution < -0.4 is 5.32 Å². The molecule has 0 bridgehead atoms. The van der Waals surface area contributed by atoms with Crippen molar-refractivity contribution in [1.29, 1.82) is 0 Å². The van der Waals surface area contributed by atoms with Gasteiger partial charge in [0.1, 0.15) is 0 Å². The minimum Gasteiger partial charge on any atom is -0.396 e. The SMILES string of the molecule is CC(CO)C(C)NCC1=CCCOC1. The Balaban J connectivity index is 2.22. The van der Waals surface area contributed by atoms with Crippen molar-refractivity contribution in [3.63, 3.8) is 0 Å². The first-order valence-electron chi connectivity index (χ1n) is 5.34. The molecule has 3 heteroatoms. The maximum atomic E-state index is 8.96. The highest BCUT2D eigenvalue weighted by Gasteiger charge is 2.11. The highest BCUT2D eigenvalue weighted by atomic mass is 16.5. The average molecular weight is 199 g/mol. The fourth-order valence-electron chi connectivity index (χ4n) is 1.38. The first kappa shape index (κ1) is 11.7. The van der Waals surface area contributed by atoms with Crippen LogP contribution in [0.3, 0.4) is 0 Å². The Morgan fingerprint density at radius 2 is 2.36 bits per heavy atom. The van der Waals surface area contributed by atoms with Gasteiger partial charge in [-0.25, -0.2) is 0 Å². The molecule has 2 unspecified atom stereocenters. The Labute approximate surface area is 86.2 Å². The molecular weight excluding hydrogens is 178 g/mol. The highest BCUT2D eigenvalue weighted by Crippen LogP contribution is 2.06. The molecule has 1 aliphatic rings. The van der Waals surface area contributed by atoms with E-state index < -0.39 is 0 Å². The number of hydrogen-bond acceptors (Lipinski definition) is 3. The lowest BCUT2D eigenvalue weighted by Crippen LogP contribution is -2.36. The Kier molecular flexibility index (Phi) is 5.15. The largest absolute Gasteiger partial charge is 0.396 e. The highest BCUT2D eigenvalue weighted by molar-refractivity contribution is 5.07. The van der Waals surface area contributed by atoms with Gasteiger partial charge in [-0.1, -0.05) is 13.0 Å². The minimum absolute atomic E-state index is 0.240. The van der Waals surface area contributed by atoms with E-state index in [1.54, 1.807) is 0 Å². The summed E-state index contributed by atoms with van der Waals surface area (Å²) in [4.78, 5) is 0. The van der Waals surface area contributed by atoms with Crippen LogP contribution in [0.5, 0.6) is 0 Å². The van der Waals surface area contributed by atoms with Crippen LogP contribution in [-0.4, -0.2) is 37.5 Å². The number of rotatable bonds is 5. The number of nitrogens with one attached hydrogen (secondary N) is 1. The van der Waals surface area contributed by atoms with Crippen molar-refractivity contribution >= 4 is 0 Å². The maximum Gasteiger partial charge on any atom is 0.0689 e.